The fourth-order valence-corrected chi connectivity index (χ4v) is 20.4. The van der Waals surface area contributed by atoms with Crippen molar-refractivity contribution in [3.63, 3.8) is 0 Å². The van der Waals surface area contributed by atoms with Crippen molar-refractivity contribution in [3.05, 3.63) is 179 Å². The summed E-state index contributed by atoms with van der Waals surface area (Å²) in [6, 6.07) is 53.8. The van der Waals surface area contributed by atoms with Crippen LogP contribution in [-0.4, -0.2) is 20.6 Å². The first-order chi connectivity index (χ1) is 27.6. The average Bonchev–Trinajstić information content (AvgIpc) is 3.80. The Morgan fingerprint density at radius 2 is 0.875 bits per heavy atom. The zero-order chi connectivity index (χ0) is 37.9. The summed E-state index contributed by atoms with van der Waals surface area (Å²) in [6.45, 7) is 4.57. The molecule has 10 rings (SSSR count). The van der Waals surface area contributed by atoms with E-state index in [0.29, 0.717) is 6.42 Å². The molecule has 0 radical (unpaired) electrons. The van der Waals surface area contributed by atoms with Crippen LogP contribution in [0.2, 0.25) is 0 Å². The summed E-state index contributed by atoms with van der Waals surface area (Å²) in [4.78, 5) is 0. The third-order valence-electron chi connectivity index (χ3n) is 12.6. The van der Waals surface area contributed by atoms with Crippen LogP contribution in [0.1, 0.15) is 62.6 Å². The molecular weight excluding hydrogens is 760 g/mol. The molecule has 56 heavy (non-hydrogen) atoms. The van der Waals surface area contributed by atoms with Gasteiger partial charge in [-0.05, 0) is 0 Å². The molecule has 0 heterocycles. The van der Waals surface area contributed by atoms with Gasteiger partial charge in [0.25, 0.3) is 0 Å². The predicted molar refractivity (Wildman–Crippen MR) is 234 cm³/mol. The Kier molecular flexibility index (Phi) is 9.22. The van der Waals surface area contributed by atoms with E-state index in [2.05, 4.69) is 172 Å². The van der Waals surface area contributed by atoms with E-state index in [1.165, 1.54) is 98.7 Å². The molecule has 0 fully saturated rings. The summed E-state index contributed by atoms with van der Waals surface area (Å²) in [6.07, 6.45) is 7.24. The minimum absolute atomic E-state index is 0.00523. The number of hydrogen-bond donors (Lipinski definition) is 2. The molecule has 2 aliphatic rings. The first kappa shape index (κ1) is 35.5. The van der Waals surface area contributed by atoms with Crippen molar-refractivity contribution in [3.8, 4) is 22.3 Å². The normalized spacial score (nSPS) is 16.6. The van der Waals surface area contributed by atoms with Crippen LogP contribution < -0.4 is 0 Å². The van der Waals surface area contributed by atoms with Crippen LogP contribution in [0.4, 0.5) is 0 Å². The summed E-state index contributed by atoms with van der Waals surface area (Å²) >= 11 is -3.07. The van der Waals surface area contributed by atoms with Crippen molar-refractivity contribution in [2.24, 2.45) is 0 Å². The summed E-state index contributed by atoms with van der Waals surface area (Å²) in [7, 11) is 0. The van der Waals surface area contributed by atoms with Crippen LogP contribution in [-0.2, 0) is 21.8 Å². The Labute approximate surface area is 337 Å². The standard InChI is InChI=1S/2C25H19.C3H7O2.Zr/c2*1-2-17-13-20-9-5-11-22(24(20)14-17)23-12-6-10-21-15-18-7-3-4-8-19(18)16-25(21)23;4-2-1-3-5;/h2*3-16H,2H2,1H3;2,4-5H,1,3H2;. The van der Waals surface area contributed by atoms with Crippen LogP contribution in [0, 0.1) is 0 Å². The second-order valence-electron chi connectivity index (χ2n) is 15.6. The predicted octanol–water partition coefficient (Wildman–Crippen LogP) is 13.3. The van der Waals surface area contributed by atoms with Gasteiger partial charge in [-0.2, -0.15) is 0 Å². The molecule has 0 aliphatic heterocycles. The summed E-state index contributed by atoms with van der Waals surface area (Å²) < 4.78 is -0.0966. The zero-order valence-electron chi connectivity index (χ0n) is 32.0. The van der Waals surface area contributed by atoms with Crippen LogP contribution in [0.5, 0.6) is 0 Å². The van der Waals surface area contributed by atoms with Gasteiger partial charge in [0.1, 0.15) is 0 Å². The second kappa shape index (κ2) is 14.5. The van der Waals surface area contributed by atoms with Gasteiger partial charge < -0.3 is 0 Å². The number of aliphatic hydroxyl groups is 2. The number of benzene rings is 8. The van der Waals surface area contributed by atoms with Crippen LogP contribution in [0.25, 0.3) is 77.5 Å². The van der Waals surface area contributed by atoms with E-state index in [0.717, 1.165) is 12.8 Å². The van der Waals surface area contributed by atoms with Crippen molar-refractivity contribution in [1.82, 2.24) is 0 Å². The van der Waals surface area contributed by atoms with Gasteiger partial charge in [0.05, 0.1) is 0 Å². The van der Waals surface area contributed by atoms with Gasteiger partial charge in [-0.15, -0.1) is 0 Å². The molecule has 8 aromatic carbocycles. The molecule has 3 heteroatoms. The minimum atomic E-state index is -3.07. The third kappa shape index (κ3) is 5.78. The van der Waals surface area contributed by atoms with Gasteiger partial charge in [0, 0.05) is 0 Å². The molecule has 0 spiro atoms. The number of hydrogen-bond acceptors (Lipinski definition) is 2. The number of fused-ring (bicyclic) bond motifs is 6. The van der Waals surface area contributed by atoms with Crippen molar-refractivity contribution in [2.75, 3.05) is 6.61 Å². The Bertz CT molecular complexity index is 2710. The molecule has 0 bridgehead atoms. The number of aliphatic hydroxyl groups excluding tert-OH is 2. The molecule has 0 saturated heterocycles. The second-order valence-corrected chi connectivity index (χ2v) is 22.5. The van der Waals surface area contributed by atoms with E-state index in [9.17, 15) is 10.2 Å². The molecular formula is C53H45O2Zr. The van der Waals surface area contributed by atoms with E-state index in [-0.39, 0.29) is 13.9 Å². The monoisotopic (exact) mass is 803 g/mol. The van der Waals surface area contributed by atoms with E-state index < -0.39 is 25.6 Å². The number of rotatable bonds is 9. The van der Waals surface area contributed by atoms with Crippen molar-refractivity contribution in [1.29, 1.82) is 0 Å². The third-order valence-corrected chi connectivity index (χ3v) is 21.9. The van der Waals surface area contributed by atoms with Gasteiger partial charge >= 0.3 is 339 Å². The van der Waals surface area contributed by atoms with Crippen LogP contribution >= 0.6 is 0 Å². The molecule has 2 nitrogen and oxygen atoms in total. The van der Waals surface area contributed by atoms with Crippen LogP contribution in [0.3, 0.4) is 0 Å². The van der Waals surface area contributed by atoms with Gasteiger partial charge in [0.15, 0.2) is 0 Å². The Morgan fingerprint density at radius 3 is 1.30 bits per heavy atom. The molecule has 8 aromatic rings. The summed E-state index contributed by atoms with van der Waals surface area (Å²) in [5, 5.41) is 32.9. The Morgan fingerprint density at radius 1 is 0.482 bits per heavy atom. The SMILES string of the molecule is CCC1=Cc2c(-c3cccc4cc5ccccc5cc34)cccc2[CH]1[Zr]([CH](O)CCO)[CH]1C(CC)=Cc2c(-c3cccc4cc5ccccc5cc34)cccc21. The van der Waals surface area contributed by atoms with E-state index in [1.807, 2.05) is 0 Å². The van der Waals surface area contributed by atoms with Gasteiger partial charge in [-0.1, -0.05) is 0 Å². The molecule has 3 unspecified atom stereocenters. The van der Waals surface area contributed by atoms with Crippen molar-refractivity contribution in [2.45, 2.75) is 44.2 Å². The Balaban J connectivity index is 1.13. The maximum absolute atomic E-state index is 12.4. The van der Waals surface area contributed by atoms with Crippen molar-refractivity contribution < 1.29 is 32.0 Å². The molecule has 273 valence electrons. The molecule has 2 aliphatic carbocycles. The first-order valence-corrected chi connectivity index (χ1v) is 24.5. The zero-order valence-corrected chi connectivity index (χ0v) is 34.4. The Hall–Kier alpha value is -4.92. The quantitative estimate of drug-likeness (QED) is 0.143. The molecule has 0 aromatic heterocycles. The van der Waals surface area contributed by atoms with Crippen LogP contribution in [0.15, 0.2) is 157 Å². The van der Waals surface area contributed by atoms with E-state index in [4.69, 9.17) is 0 Å². The molecule has 3 atom stereocenters. The number of allylic oxidation sites excluding steroid dienone is 2. The maximum atomic E-state index is 12.4. The molecule has 2 N–H and O–H groups in total. The summed E-state index contributed by atoms with van der Waals surface area (Å²) in [5.74, 6) is 0. The summed E-state index contributed by atoms with van der Waals surface area (Å²) in [5.41, 5.74) is 13.3. The fraction of sp³-hybridized carbons (Fsp3) is 0.170. The topological polar surface area (TPSA) is 40.5 Å². The van der Waals surface area contributed by atoms with Gasteiger partial charge in [-0.25, -0.2) is 0 Å². The van der Waals surface area contributed by atoms with Gasteiger partial charge in [0.2, 0.25) is 0 Å². The fourth-order valence-electron chi connectivity index (χ4n) is 10.0. The van der Waals surface area contributed by atoms with E-state index in [1.54, 1.807) is 0 Å². The van der Waals surface area contributed by atoms with E-state index >= 15 is 0 Å². The van der Waals surface area contributed by atoms with Gasteiger partial charge in [-0.3, -0.25) is 0 Å². The first-order valence-electron chi connectivity index (χ1n) is 20.2. The molecule has 0 saturated carbocycles. The van der Waals surface area contributed by atoms with Crippen molar-refractivity contribution >= 4 is 55.2 Å². The average molecular weight is 805 g/mol. The molecule has 0 amide bonds.